The number of amides is 2. The predicted molar refractivity (Wildman–Crippen MR) is 103 cm³/mol. The number of ether oxygens (including phenoxy) is 1. The number of aryl methyl sites for hydroxylation is 1. The molecule has 0 saturated carbocycles. The fourth-order valence-corrected chi connectivity index (χ4v) is 2.91. The predicted octanol–water partition coefficient (Wildman–Crippen LogP) is 2.50. The van der Waals surface area contributed by atoms with Gasteiger partial charge in [0.05, 0.1) is 18.2 Å². The lowest BCUT2D eigenvalue weighted by Crippen LogP contribution is -2.41. The van der Waals surface area contributed by atoms with Gasteiger partial charge in [0.15, 0.2) is 5.58 Å². The van der Waals surface area contributed by atoms with Crippen LogP contribution in [0.15, 0.2) is 51.7 Å². The summed E-state index contributed by atoms with van der Waals surface area (Å²) in [6, 6.07) is 11.7. The Labute approximate surface area is 165 Å². The number of para-hydroxylation sites is 2. The molecule has 0 saturated heterocycles. The molecule has 3 rings (SSSR count). The van der Waals surface area contributed by atoms with Crippen molar-refractivity contribution in [1.29, 1.82) is 0 Å². The Kier molecular flexibility index (Phi) is 6.00. The second-order valence-electron chi connectivity index (χ2n) is 5.94. The maximum absolute atomic E-state index is 12.2. The first-order valence-corrected chi connectivity index (χ1v) is 8.88. The highest BCUT2D eigenvalue weighted by Gasteiger charge is 2.14. The van der Waals surface area contributed by atoms with Crippen LogP contribution in [-0.2, 0) is 11.3 Å². The van der Waals surface area contributed by atoms with Gasteiger partial charge in [-0.15, -0.1) is 0 Å². The molecule has 1 heterocycles. The second-order valence-corrected chi connectivity index (χ2v) is 6.37. The van der Waals surface area contributed by atoms with E-state index in [-0.39, 0.29) is 12.0 Å². The van der Waals surface area contributed by atoms with Gasteiger partial charge in [-0.2, -0.15) is 0 Å². The largest absolute Gasteiger partial charge is 0.496 e. The summed E-state index contributed by atoms with van der Waals surface area (Å²) >= 11 is 5.89. The van der Waals surface area contributed by atoms with E-state index in [0.29, 0.717) is 34.8 Å². The third-order valence-corrected chi connectivity index (χ3v) is 4.32. The second kappa shape index (κ2) is 8.62. The normalized spacial score (nSPS) is 10.6. The van der Waals surface area contributed by atoms with E-state index in [4.69, 9.17) is 20.8 Å². The van der Waals surface area contributed by atoms with E-state index in [0.717, 1.165) is 0 Å². The van der Waals surface area contributed by atoms with E-state index >= 15 is 0 Å². The van der Waals surface area contributed by atoms with Crippen molar-refractivity contribution in [2.45, 2.75) is 19.4 Å². The van der Waals surface area contributed by atoms with Crippen LogP contribution in [0.2, 0.25) is 5.02 Å². The van der Waals surface area contributed by atoms with E-state index in [1.807, 2.05) is 0 Å². The Morgan fingerprint density at radius 2 is 1.96 bits per heavy atom. The third kappa shape index (κ3) is 4.34. The number of nitrogens with zero attached hydrogens (tertiary/aromatic N) is 1. The lowest BCUT2D eigenvalue weighted by atomic mass is 10.2. The summed E-state index contributed by atoms with van der Waals surface area (Å²) in [5, 5.41) is 0.370. The van der Waals surface area contributed by atoms with Crippen LogP contribution >= 0.6 is 11.6 Å². The highest BCUT2D eigenvalue weighted by atomic mass is 35.5. The molecule has 146 valence electrons. The van der Waals surface area contributed by atoms with E-state index < -0.39 is 17.6 Å². The standard InChI is InChI=1S/C19H18ClN3O5/c1-27-15-9-8-12(20)11-13(15)18(25)22-21-17(24)7-4-10-23-14-5-2-3-6-16(14)28-19(23)26/h2-3,5-6,8-9,11H,4,7,10H2,1H3,(H,21,24)(H,22,25). The molecule has 0 atom stereocenters. The molecule has 3 aromatic rings. The van der Waals surface area contributed by atoms with Crippen molar-refractivity contribution in [2.24, 2.45) is 0 Å². The van der Waals surface area contributed by atoms with Crippen molar-refractivity contribution in [2.75, 3.05) is 7.11 Å². The molecule has 2 aromatic carbocycles. The molecule has 1 aromatic heterocycles. The summed E-state index contributed by atoms with van der Waals surface area (Å²) in [4.78, 5) is 36.1. The Hall–Kier alpha value is -3.26. The average molecular weight is 404 g/mol. The number of carbonyl (C=O) groups is 2. The van der Waals surface area contributed by atoms with E-state index in [9.17, 15) is 14.4 Å². The Morgan fingerprint density at radius 1 is 1.18 bits per heavy atom. The van der Waals surface area contributed by atoms with E-state index in [1.165, 1.54) is 17.7 Å². The number of hydrogen-bond donors (Lipinski definition) is 2. The molecule has 0 aliphatic rings. The summed E-state index contributed by atoms with van der Waals surface area (Å²) in [5.74, 6) is -1.08. The van der Waals surface area contributed by atoms with Gasteiger partial charge in [0.2, 0.25) is 5.91 Å². The molecule has 0 radical (unpaired) electrons. The van der Waals surface area contributed by atoms with Crippen molar-refractivity contribution in [3.63, 3.8) is 0 Å². The molecule has 28 heavy (non-hydrogen) atoms. The van der Waals surface area contributed by atoms with Crippen LogP contribution < -0.4 is 21.3 Å². The number of carbonyl (C=O) groups excluding carboxylic acids is 2. The van der Waals surface area contributed by atoms with Crippen molar-refractivity contribution in [1.82, 2.24) is 15.4 Å². The van der Waals surface area contributed by atoms with Gasteiger partial charge in [0, 0.05) is 18.0 Å². The minimum Gasteiger partial charge on any atom is -0.496 e. The SMILES string of the molecule is COc1ccc(Cl)cc1C(=O)NNC(=O)CCCn1c(=O)oc2ccccc21. The summed E-state index contributed by atoms with van der Waals surface area (Å²) in [6.07, 6.45) is 0.504. The highest BCUT2D eigenvalue weighted by Crippen LogP contribution is 2.22. The molecular weight excluding hydrogens is 386 g/mol. The number of fused-ring (bicyclic) bond motifs is 1. The molecule has 0 aliphatic heterocycles. The summed E-state index contributed by atoms with van der Waals surface area (Å²) in [7, 11) is 1.43. The molecule has 0 spiro atoms. The van der Waals surface area contributed by atoms with E-state index in [2.05, 4.69) is 10.9 Å². The van der Waals surface area contributed by atoms with Gasteiger partial charge in [0.1, 0.15) is 5.75 Å². The lowest BCUT2D eigenvalue weighted by molar-refractivity contribution is -0.122. The summed E-state index contributed by atoms with van der Waals surface area (Å²) < 4.78 is 11.7. The summed E-state index contributed by atoms with van der Waals surface area (Å²) in [5.41, 5.74) is 6.03. The number of rotatable bonds is 6. The zero-order valence-corrected chi connectivity index (χ0v) is 15.8. The van der Waals surface area contributed by atoms with Crippen LogP contribution in [0, 0.1) is 0 Å². The van der Waals surface area contributed by atoms with Gasteiger partial charge < -0.3 is 9.15 Å². The van der Waals surface area contributed by atoms with Crippen molar-refractivity contribution < 1.29 is 18.7 Å². The molecular formula is C19H18ClN3O5. The van der Waals surface area contributed by atoms with Crippen LogP contribution in [0.4, 0.5) is 0 Å². The number of hydrogen-bond acceptors (Lipinski definition) is 5. The number of aromatic nitrogens is 1. The highest BCUT2D eigenvalue weighted by molar-refractivity contribution is 6.31. The molecule has 0 aliphatic carbocycles. The summed E-state index contributed by atoms with van der Waals surface area (Å²) in [6.45, 7) is 0.319. The number of methoxy groups -OCH3 is 1. The maximum atomic E-state index is 12.2. The zero-order valence-electron chi connectivity index (χ0n) is 15.0. The number of nitrogens with one attached hydrogen (secondary N) is 2. The first-order chi connectivity index (χ1) is 13.5. The van der Waals surface area contributed by atoms with Crippen molar-refractivity contribution >= 4 is 34.5 Å². The van der Waals surface area contributed by atoms with Crippen LogP contribution in [0.5, 0.6) is 5.75 Å². The minimum atomic E-state index is -0.551. The van der Waals surface area contributed by atoms with Crippen molar-refractivity contribution in [3.05, 3.63) is 63.6 Å². The van der Waals surface area contributed by atoms with Gasteiger partial charge in [-0.05, 0) is 36.8 Å². The average Bonchev–Trinajstić information content (AvgIpc) is 3.01. The molecule has 8 nitrogen and oxygen atoms in total. The van der Waals surface area contributed by atoms with Crippen molar-refractivity contribution in [3.8, 4) is 5.75 Å². The maximum Gasteiger partial charge on any atom is 0.419 e. The van der Waals surface area contributed by atoms with Gasteiger partial charge >= 0.3 is 5.76 Å². The molecule has 0 bridgehead atoms. The van der Waals surface area contributed by atoms with Gasteiger partial charge in [-0.25, -0.2) is 4.79 Å². The molecule has 0 fully saturated rings. The van der Waals surface area contributed by atoms with Crippen LogP contribution in [0.3, 0.4) is 0 Å². The smallest absolute Gasteiger partial charge is 0.419 e. The van der Waals surface area contributed by atoms with Crippen LogP contribution in [0.1, 0.15) is 23.2 Å². The fourth-order valence-electron chi connectivity index (χ4n) is 2.74. The van der Waals surface area contributed by atoms with Gasteiger partial charge in [-0.3, -0.25) is 25.0 Å². The van der Waals surface area contributed by atoms with Gasteiger partial charge in [-0.1, -0.05) is 23.7 Å². The number of hydrazine groups is 1. The van der Waals surface area contributed by atoms with E-state index in [1.54, 1.807) is 36.4 Å². The first kappa shape index (κ1) is 19.5. The number of halogens is 1. The molecule has 0 unspecified atom stereocenters. The molecule has 2 amide bonds. The zero-order chi connectivity index (χ0) is 20.1. The topological polar surface area (TPSA) is 103 Å². The third-order valence-electron chi connectivity index (χ3n) is 4.08. The van der Waals surface area contributed by atoms with Gasteiger partial charge in [0.25, 0.3) is 5.91 Å². The Morgan fingerprint density at radius 3 is 2.75 bits per heavy atom. The lowest BCUT2D eigenvalue weighted by Gasteiger charge is -2.10. The number of benzene rings is 2. The Bertz CT molecular complexity index is 1070. The quantitative estimate of drug-likeness (QED) is 0.615. The number of oxazole rings is 1. The Balaban J connectivity index is 1.52. The fraction of sp³-hybridized carbons (Fsp3) is 0.211. The van der Waals surface area contributed by atoms with Crippen LogP contribution in [0.25, 0.3) is 11.1 Å². The minimum absolute atomic E-state index is 0.110. The van der Waals surface area contributed by atoms with Crippen LogP contribution in [-0.4, -0.2) is 23.5 Å². The molecule has 2 N–H and O–H groups in total. The first-order valence-electron chi connectivity index (χ1n) is 8.50. The monoisotopic (exact) mass is 403 g/mol. The molecule has 9 heteroatoms.